The molecule has 5 rings (SSSR count). The van der Waals surface area contributed by atoms with Gasteiger partial charge in [-0.25, -0.2) is 0 Å². The van der Waals surface area contributed by atoms with Crippen molar-refractivity contribution in [2.75, 3.05) is 38.3 Å². The van der Waals surface area contributed by atoms with Crippen molar-refractivity contribution in [3.8, 4) is 11.5 Å². The molecule has 0 unspecified atom stereocenters. The summed E-state index contributed by atoms with van der Waals surface area (Å²) in [5.41, 5.74) is 3.78. The third-order valence-electron chi connectivity index (χ3n) is 6.57. The highest BCUT2D eigenvalue weighted by atomic mass is 35.5. The number of para-hydroxylation sites is 1. The summed E-state index contributed by atoms with van der Waals surface area (Å²) in [4.78, 5) is 17.6. The van der Waals surface area contributed by atoms with Gasteiger partial charge in [0, 0.05) is 36.2 Å². The molecular weight excluding hydrogens is 426 g/mol. The summed E-state index contributed by atoms with van der Waals surface area (Å²) >= 11 is 0. The fourth-order valence-corrected chi connectivity index (χ4v) is 4.85. The van der Waals surface area contributed by atoms with Gasteiger partial charge < -0.3 is 18.9 Å². The number of hydrogen-bond acceptors (Lipinski definition) is 4. The minimum Gasteiger partial charge on any atom is -0.493 e. The molecule has 2 aromatic carbocycles. The van der Waals surface area contributed by atoms with E-state index in [-0.39, 0.29) is 18.3 Å². The number of fused-ring (bicyclic) bond motifs is 3. The van der Waals surface area contributed by atoms with Crippen LogP contribution in [-0.4, -0.2) is 48.7 Å². The van der Waals surface area contributed by atoms with Gasteiger partial charge in [-0.2, -0.15) is 0 Å². The Bertz CT molecular complexity index is 1120. The molecule has 1 fully saturated rings. The van der Waals surface area contributed by atoms with E-state index in [2.05, 4.69) is 15.5 Å². The van der Waals surface area contributed by atoms with E-state index in [1.165, 1.54) is 19.3 Å². The van der Waals surface area contributed by atoms with Gasteiger partial charge in [-0.05, 0) is 44.1 Å². The summed E-state index contributed by atoms with van der Waals surface area (Å²) in [7, 11) is 3.68. The van der Waals surface area contributed by atoms with Crippen LogP contribution in [0.25, 0.3) is 10.9 Å². The van der Waals surface area contributed by atoms with Crippen LogP contribution in [0.1, 0.15) is 35.3 Å². The largest absolute Gasteiger partial charge is 0.493 e. The van der Waals surface area contributed by atoms with Crippen LogP contribution >= 0.6 is 12.4 Å². The van der Waals surface area contributed by atoms with Crippen molar-refractivity contribution >= 4 is 34.9 Å². The number of halogens is 1. The molecule has 1 amide bonds. The van der Waals surface area contributed by atoms with Crippen LogP contribution in [0.2, 0.25) is 0 Å². The van der Waals surface area contributed by atoms with E-state index in [0.29, 0.717) is 24.7 Å². The van der Waals surface area contributed by atoms with Crippen LogP contribution in [0.4, 0.5) is 5.69 Å². The molecule has 6 nitrogen and oxygen atoms in total. The van der Waals surface area contributed by atoms with Gasteiger partial charge in [0.15, 0.2) is 11.5 Å². The van der Waals surface area contributed by atoms with Crippen molar-refractivity contribution in [3.05, 3.63) is 53.7 Å². The quantitative estimate of drug-likeness (QED) is 0.543. The molecular formula is C25H30ClN3O3. The summed E-state index contributed by atoms with van der Waals surface area (Å²) in [5, 5.41) is 1.01. The third-order valence-corrected chi connectivity index (χ3v) is 6.57. The van der Waals surface area contributed by atoms with Crippen LogP contribution in [0.15, 0.2) is 42.5 Å². The second kappa shape index (κ2) is 9.43. The van der Waals surface area contributed by atoms with Crippen molar-refractivity contribution in [2.24, 2.45) is 7.05 Å². The molecule has 3 aromatic rings. The molecule has 0 atom stereocenters. The van der Waals surface area contributed by atoms with E-state index in [1.54, 1.807) is 7.11 Å². The first-order chi connectivity index (χ1) is 15.2. The second-order valence-electron chi connectivity index (χ2n) is 8.38. The minimum absolute atomic E-state index is 0. The topological polar surface area (TPSA) is 46.9 Å². The van der Waals surface area contributed by atoms with Crippen LogP contribution in [0, 0.1) is 0 Å². The van der Waals surface area contributed by atoms with Gasteiger partial charge in [-0.1, -0.05) is 24.6 Å². The van der Waals surface area contributed by atoms with Crippen molar-refractivity contribution in [1.82, 2.24) is 9.47 Å². The van der Waals surface area contributed by atoms with Crippen molar-refractivity contribution in [3.63, 3.8) is 0 Å². The molecule has 0 bridgehead atoms. The van der Waals surface area contributed by atoms with Crippen molar-refractivity contribution < 1.29 is 14.3 Å². The Morgan fingerprint density at radius 3 is 2.56 bits per heavy atom. The number of nitrogens with zero attached hydrogens (tertiary/aromatic N) is 3. The number of aromatic nitrogens is 1. The lowest BCUT2D eigenvalue weighted by Gasteiger charge is -2.26. The van der Waals surface area contributed by atoms with Crippen molar-refractivity contribution in [2.45, 2.75) is 25.8 Å². The van der Waals surface area contributed by atoms with E-state index in [9.17, 15) is 4.79 Å². The van der Waals surface area contributed by atoms with Gasteiger partial charge in [-0.15, -0.1) is 12.4 Å². The number of anilines is 1. The molecule has 1 aromatic heterocycles. The van der Waals surface area contributed by atoms with Crippen LogP contribution < -0.4 is 14.4 Å². The molecule has 1 saturated heterocycles. The van der Waals surface area contributed by atoms with Gasteiger partial charge in [0.05, 0.1) is 24.9 Å². The molecule has 0 spiro atoms. The number of carbonyl (C=O) groups excluding carboxylic acids is 1. The molecule has 2 aliphatic heterocycles. The maximum atomic E-state index is 13.3. The zero-order valence-electron chi connectivity index (χ0n) is 18.7. The molecule has 32 heavy (non-hydrogen) atoms. The highest BCUT2D eigenvalue weighted by molar-refractivity contribution is 6.18. The molecule has 2 aliphatic rings. The van der Waals surface area contributed by atoms with Crippen LogP contribution in [0.5, 0.6) is 11.5 Å². The lowest BCUT2D eigenvalue weighted by Crippen LogP contribution is -2.33. The Balaban J connectivity index is 0.00000245. The van der Waals surface area contributed by atoms with E-state index in [4.69, 9.17) is 9.47 Å². The fraction of sp³-hybridized carbons (Fsp3) is 0.400. The molecule has 0 N–H and O–H groups in total. The Labute approximate surface area is 195 Å². The van der Waals surface area contributed by atoms with Gasteiger partial charge in [0.1, 0.15) is 6.61 Å². The summed E-state index contributed by atoms with van der Waals surface area (Å²) < 4.78 is 13.7. The number of aryl methyl sites for hydroxylation is 1. The van der Waals surface area contributed by atoms with Gasteiger partial charge >= 0.3 is 0 Å². The Morgan fingerprint density at radius 1 is 1.00 bits per heavy atom. The fourth-order valence-electron chi connectivity index (χ4n) is 4.85. The number of amides is 1. The first-order valence-corrected chi connectivity index (χ1v) is 11.1. The standard InChI is InChI=1S/C25H29N3O3.ClH/c1-26-20-9-5-4-8-19(20)24-21(26)17-28(25(24)29)18-10-11-22(30-2)23(16-18)31-15-14-27-12-6-3-7-13-27;/h4-5,8-11,16H,3,6-7,12-15,17H2,1-2H3;1H. The van der Waals surface area contributed by atoms with Gasteiger partial charge in [0.25, 0.3) is 5.91 Å². The molecule has 3 heterocycles. The molecule has 0 radical (unpaired) electrons. The smallest absolute Gasteiger partial charge is 0.261 e. The van der Waals surface area contributed by atoms with E-state index < -0.39 is 0 Å². The zero-order valence-corrected chi connectivity index (χ0v) is 19.5. The average Bonchev–Trinajstić information content (AvgIpc) is 3.30. The minimum atomic E-state index is 0. The first kappa shape index (κ1) is 22.5. The number of piperidine rings is 1. The molecule has 0 aliphatic carbocycles. The summed E-state index contributed by atoms with van der Waals surface area (Å²) in [6.07, 6.45) is 3.87. The predicted molar refractivity (Wildman–Crippen MR) is 129 cm³/mol. The predicted octanol–water partition coefficient (Wildman–Crippen LogP) is 4.63. The monoisotopic (exact) mass is 455 g/mol. The average molecular weight is 456 g/mol. The summed E-state index contributed by atoms with van der Waals surface area (Å²) in [6, 6.07) is 13.8. The molecule has 7 heteroatoms. The number of rotatable bonds is 6. The maximum Gasteiger partial charge on any atom is 0.261 e. The molecule has 170 valence electrons. The normalized spacial score (nSPS) is 16.2. The van der Waals surface area contributed by atoms with E-state index in [1.807, 2.05) is 48.3 Å². The molecule has 0 saturated carbocycles. The first-order valence-electron chi connectivity index (χ1n) is 11.1. The highest BCUT2D eigenvalue weighted by Gasteiger charge is 2.34. The number of hydrogen-bond donors (Lipinski definition) is 0. The summed E-state index contributed by atoms with van der Waals surface area (Å²) in [5.74, 6) is 1.42. The number of likely N-dealkylation sites (tertiary alicyclic amines) is 1. The zero-order chi connectivity index (χ0) is 21.4. The maximum absolute atomic E-state index is 13.3. The summed E-state index contributed by atoms with van der Waals surface area (Å²) in [6.45, 7) is 4.37. The van der Waals surface area contributed by atoms with E-state index in [0.717, 1.165) is 47.5 Å². The number of benzene rings is 2. The Morgan fingerprint density at radius 2 is 1.78 bits per heavy atom. The van der Waals surface area contributed by atoms with Crippen molar-refractivity contribution in [1.29, 1.82) is 0 Å². The lowest BCUT2D eigenvalue weighted by atomic mass is 10.1. The van der Waals surface area contributed by atoms with Gasteiger partial charge in [0.2, 0.25) is 0 Å². The van der Waals surface area contributed by atoms with E-state index >= 15 is 0 Å². The van der Waals surface area contributed by atoms with Crippen LogP contribution in [-0.2, 0) is 13.6 Å². The number of carbonyl (C=O) groups is 1. The lowest BCUT2D eigenvalue weighted by molar-refractivity contribution is 0.0998. The Kier molecular flexibility index (Phi) is 6.63. The Hall–Kier alpha value is -2.70. The van der Waals surface area contributed by atoms with Crippen LogP contribution in [0.3, 0.4) is 0 Å². The SMILES string of the molecule is COc1ccc(N2Cc3c(c4ccccc4n3C)C2=O)cc1OCCN1CCCCC1.Cl. The number of methoxy groups -OCH3 is 1. The second-order valence-corrected chi connectivity index (χ2v) is 8.38. The number of ether oxygens (including phenoxy) is 2. The highest BCUT2D eigenvalue weighted by Crippen LogP contribution is 2.38. The van der Waals surface area contributed by atoms with Gasteiger partial charge in [-0.3, -0.25) is 9.69 Å². The third kappa shape index (κ3) is 3.93.